The molecule has 0 bridgehead atoms. The van der Waals surface area contributed by atoms with E-state index in [2.05, 4.69) is 212 Å². The van der Waals surface area contributed by atoms with Gasteiger partial charge in [0.05, 0.1) is 33.6 Å². The van der Waals surface area contributed by atoms with Gasteiger partial charge in [-0.3, -0.25) is 0 Å². The summed E-state index contributed by atoms with van der Waals surface area (Å²) in [6, 6.07) is 67.0. The predicted molar refractivity (Wildman–Crippen MR) is 261 cm³/mol. The van der Waals surface area contributed by atoms with Gasteiger partial charge in [-0.25, -0.2) is 14.6 Å². The molecule has 0 aliphatic heterocycles. The second kappa shape index (κ2) is 15.4. The van der Waals surface area contributed by atoms with Gasteiger partial charge in [0.2, 0.25) is 0 Å². The van der Waals surface area contributed by atoms with E-state index >= 15 is 0 Å². The Bertz CT molecular complexity index is 3580. The Morgan fingerprint density at radius 2 is 1.10 bits per heavy atom. The van der Waals surface area contributed by atoms with Crippen LogP contribution >= 0.6 is 0 Å². The fraction of sp³-hybridized carbons (Fsp3) is 0.0172. The number of allylic oxidation sites excluding steroid dienone is 5. The third-order valence-corrected chi connectivity index (χ3v) is 11.9. The number of para-hydroxylation sites is 1. The third-order valence-electron chi connectivity index (χ3n) is 11.9. The van der Waals surface area contributed by atoms with Crippen molar-refractivity contribution in [2.45, 2.75) is 6.92 Å². The molecule has 62 heavy (non-hydrogen) atoms. The number of nitrogens with zero attached hydrogens (tertiary/aromatic N) is 4. The van der Waals surface area contributed by atoms with Crippen LogP contribution in [0.15, 0.2) is 219 Å². The fourth-order valence-electron chi connectivity index (χ4n) is 8.71. The zero-order valence-corrected chi connectivity index (χ0v) is 34.2. The highest BCUT2D eigenvalue weighted by molar-refractivity contribution is 6.18. The summed E-state index contributed by atoms with van der Waals surface area (Å²) < 4.78 is 2.14. The summed E-state index contributed by atoms with van der Waals surface area (Å²) in [4.78, 5) is 10.4. The number of hydrogen-bond donors (Lipinski definition) is 0. The van der Waals surface area contributed by atoms with Gasteiger partial charge in [-0.05, 0) is 99.4 Å². The van der Waals surface area contributed by atoms with Crippen LogP contribution in [-0.4, -0.2) is 19.7 Å². The third kappa shape index (κ3) is 6.55. The molecule has 11 rings (SSSR count). The van der Waals surface area contributed by atoms with Crippen molar-refractivity contribution in [1.29, 1.82) is 0 Å². The summed E-state index contributed by atoms with van der Waals surface area (Å²) in [6.07, 6.45) is 7.75. The molecule has 292 valence electrons. The molecule has 3 heterocycles. The summed E-state index contributed by atoms with van der Waals surface area (Å²) in [7, 11) is 0. The SMILES string of the molecule is C=C/C=C\C=C(/C)c1ccc2ccc3ccc(-c4ccc5ccc(-c6ccc7cc(-c8ccccc8)c8c(-c9ccccc9)nn(-c9ccccc9)c8c7c6)cc5c4)nc3c2n1. The Kier molecular flexibility index (Phi) is 9.17. The van der Waals surface area contributed by atoms with E-state index in [-0.39, 0.29) is 0 Å². The van der Waals surface area contributed by atoms with Gasteiger partial charge in [-0.1, -0.05) is 170 Å². The topological polar surface area (TPSA) is 43.6 Å². The van der Waals surface area contributed by atoms with Crippen LogP contribution in [0.3, 0.4) is 0 Å². The lowest BCUT2D eigenvalue weighted by Crippen LogP contribution is -1.97. The standard InChI is InChI=1S/C58H40N4/c1-3-4-8-15-38(2)52-32-30-42-24-25-43-31-33-53(60-57(43)56(42)59-52)47-29-23-39-22-26-44(34-48(39)35-47)45-27-28-46-37-50(40-16-9-5-10-17-40)54-55(41-18-11-6-12-19-41)61-62(58(54)51(46)36-45)49-20-13-7-14-21-49/h3-37H,1H2,2H3/b8-4-,38-15+. The normalized spacial score (nSPS) is 12.0. The molecule has 0 spiro atoms. The Balaban J connectivity index is 1.06. The first-order chi connectivity index (χ1) is 30.6. The van der Waals surface area contributed by atoms with E-state index in [0.717, 1.165) is 111 Å². The summed E-state index contributed by atoms with van der Waals surface area (Å²) in [6.45, 7) is 5.86. The largest absolute Gasteiger partial charge is 0.246 e. The van der Waals surface area contributed by atoms with Crippen molar-refractivity contribution in [3.8, 4) is 50.5 Å². The van der Waals surface area contributed by atoms with Crippen LogP contribution in [0.5, 0.6) is 0 Å². The number of fused-ring (bicyclic) bond motifs is 7. The number of pyridine rings is 2. The van der Waals surface area contributed by atoms with Crippen molar-refractivity contribution in [3.05, 3.63) is 225 Å². The van der Waals surface area contributed by atoms with Crippen molar-refractivity contribution in [3.63, 3.8) is 0 Å². The van der Waals surface area contributed by atoms with E-state index < -0.39 is 0 Å². The molecule has 0 saturated carbocycles. The first kappa shape index (κ1) is 36.8. The molecular formula is C58H40N4. The average Bonchev–Trinajstić information content (AvgIpc) is 3.75. The molecule has 11 aromatic rings. The lowest BCUT2D eigenvalue weighted by Gasteiger charge is -2.13. The quantitative estimate of drug-likeness (QED) is 0.114. The van der Waals surface area contributed by atoms with Gasteiger partial charge in [0, 0.05) is 32.7 Å². The van der Waals surface area contributed by atoms with Crippen molar-refractivity contribution >= 4 is 59.8 Å². The van der Waals surface area contributed by atoms with Crippen LogP contribution in [0.25, 0.3) is 110 Å². The Hall–Kier alpha value is -8.21. The van der Waals surface area contributed by atoms with Gasteiger partial charge < -0.3 is 0 Å². The van der Waals surface area contributed by atoms with E-state index in [4.69, 9.17) is 15.1 Å². The summed E-state index contributed by atoms with van der Waals surface area (Å²) >= 11 is 0. The van der Waals surface area contributed by atoms with E-state index in [0.29, 0.717) is 0 Å². The van der Waals surface area contributed by atoms with Crippen LogP contribution in [0, 0.1) is 0 Å². The summed E-state index contributed by atoms with van der Waals surface area (Å²) in [5, 5.41) is 13.3. The Labute approximate surface area is 360 Å². The molecule has 4 nitrogen and oxygen atoms in total. The highest BCUT2D eigenvalue weighted by Gasteiger charge is 2.21. The summed E-state index contributed by atoms with van der Waals surface area (Å²) in [5.74, 6) is 0. The molecule has 0 aliphatic carbocycles. The van der Waals surface area contributed by atoms with Crippen LogP contribution < -0.4 is 0 Å². The van der Waals surface area contributed by atoms with Gasteiger partial charge in [0.25, 0.3) is 0 Å². The number of rotatable bonds is 8. The smallest absolute Gasteiger partial charge is 0.101 e. The molecule has 3 aromatic heterocycles. The molecule has 0 saturated heterocycles. The fourth-order valence-corrected chi connectivity index (χ4v) is 8.71. The van der Waals surface area contributed by atoms with Gasteiger partial charge in [0.15, 0.2) is 0 Å². The number of hydrogen-bond acceptors (Lipinski definition) is 3. The minimum Gasteiger partial charge on any atom is -0.246 e. The zero-order valence-electron chi connectivity index (χ0n) is 34.2. The van der Waals surface area contributed by atoms with Gasteiger partial charge in [-0.2, -0.15) is 5.10 Å². The number of aromatic nitrogens is 4. The molecule has 4 heteroatoms. The Morgan fingerprint density at radius 3 is 1.84 bits per heavy atom. The monoisotopic (exact) mass is 792 g/mol. The molecule has 8 aromatic carbocycles. The first-order valence-electron chi connectivity index (χ1n) is 21.0. The minimum atomic E-state index is 0.896. The Morgan fingerprint density at radius 1 is 0.500 bits per heavy atom. The highest BCUT2D eigenvalue weighted by atomic mass is 15.3. The lowest BCUT2D eigenvalue weighted by atomic mass is 9.92. The van der Waals surface area contributed by atoms with Crippen molar-refractivity contribution in [2.24, 2.45) is 0 Å². The lowest BCUT2D eigenvalue weighted by molar-refractivity contribution is 0.918. The van der Waals surface area contributed by atoms with Crippen molar-refractivity contribution < 1.29 is 0 Å². The summed E-state index contributed by atoms with van der Waals surface area (Å²) in [5.41, 5.74) is 14.5. The molecule has 0 fully saturated rings. The van der Waals surface area contributed by atoms with E-state index in [1.165, 1.54) is 5.39 Å². The maximum atomic E-state index is 5.41. The van der Waals surface area contributed by atoms with Crippen molar-refractivity contribution in [2.75, 3.05) is 0 Å². The molecule has 0 radical (unpaired) electrons. The number of benzene rings is 8. The highest BCUT2D eigenvalue weighted by Crippen LogP contribution is 2.43. The van der Waals surface area contributed by atoms with Gasteiger partial charge in [-0.15, -0.1) is 0 Å². The molecular weight excluding hydrogens is 753 g/mol. The predicted octanol–water partition coefficient (Wildman–Crippen LogP) is 15.2. The first-order valence-corrected chi connectivity index (χ1v) is 21.0. The van der Waals surface area contributed by atoms with Crippen LogP contribution in [0.4, 0.5) is 0 Å². The zero-order chi connectivity index (χ0) is 41.6. The van der Waals surface area contributed by atoms with Gasteiger partial charge >= 0.3 is 0 Å². The second-order valence-electron chi connectivity index (χ2n) is 15.8. The van der Waals surface area contributed by atoms with Crippen LogP contribution in [0.1, 0.15) is 12.6 Å². The van der Waals surface area contributed by atoms with Crippen molar-refractivity contribution in [1.82, 2.24) is 19.7 Å². The molecule has 0 amide bonds. The average molecular weight is 793 g/mol. The maximum absolute atomic E-state index is 5.41. The molecule has 0 unspecified atom stereocenters. The molecule has 0 aliphatic rings. The second-order valence-corrected chi connectivity index (χ2v) is 15.8. The van der Waals surface area contributed by atoms with Gasteiger partial charge in [0.1, 0.15) is 5.69 Å². The molecule has 0 atom stereocenters. The van der Waals surface area contributed by atoms with E-state index in [1.807, 2.05) is 12.2 Å². The maximum Gasteiger partial charge on any atom is 0.101 e. The van der Waals surface area contributed by atoms with Crippen LogP contribution in [0.2, 0.25) is 0 Å². The minimum absolute atomic E-state index is 0.896. The van der Waals surface area contributed by atoms with E-state index in [9.17, 15) is 0 Å². The molecule has 0 N–H and O–H groups in total. The van der Waals surface area contributed by atoms with Crippen LogP contribution in [-0.2, 0) is 0 Å². The van der Waals surface area contributed by atoms with E-state index in [1.54, 1.807) is 6.08 Å².